The number of hydrogen-bond acceptors (Lipinski definition) is 1. The van der Waals surface area contributed by atoms with Crippen molar-refractivity contribution in [3.63, 3.8) is 0 Å². The molecule has 328 valence electrons. The summed E-state index contributed by atoms with van der Waals surface area (Å²) in [5, 5.41) is 69.3. The van der Waals surface area contributed by atoms with Gasteiger partial charge in [0, 0.05) is 0 Å². The Kier molecular flexibility index (Phi) is 4.63. The molecule has 0 saturated heterocycles. The van der Waals surface area contributed by atoms with E-state index in [4.69, 9.17) is 5.73 Å². The standard InChI is InChI=1S/C70H22.C3H9N/c1-3-23-11-31-19-35-15-27-7-9-29-17-37-21-33-13-25-5-2-6-26-14-34-22-38-18-30-10-8-28-16-36-20-32-12-24(4-1)39(23)53-45(31)59-49(35)55-41(27)43(29)57-51(37)61-47(33)54(40(25)26)48(34)62-52(38)58-44(30)42(28)56-50(36)60(46(32)53)63(59)69-65(55)67(57)70(64(61)62)68(58)66(56)69;1-2-3-4/h1-22H;2-4H2,1H3. The Morgan fingerprint density at radius 1 is 0.189 bits per heavy atom. The molecule has 1 nitrogen and oxygen atoms in total. The van der Waals surface area contributed by atoms with Crippen LogP contribution in [0.2, 0.25) is 0 Å². The van der Waals surface area contributed by atoms with Gasteiger partial charge in [0.2, 0.25) is 0 Å². The van der Waals surface area contributed by atoms with E-state index in [9.17, 15) is 0 Å². The van der Waals surface area contributed by atoms with Crippen molar-refractivity contribution in [3.8, 4) is 0 Å². The molecule has 25 rings (SSSR count). The smallest absolute Gasteiger partial charge is 0.0000000465 e. The highest BCUT2D eigenvalue weighted by Crippen LogP contribution is 2.68. The molecule has 0 radical (unpaired) electrons. The minimum absolute atomic E-state index is 0.819. The molecular formula is C73H31N. The van der Waals surface area contributed by atoms with Crippen LogP contribution in [0.1, 0.15) is 13.3 Å². The van der Waals surface area contributed by atoms with Crippen molar-refractivity contribution in [3.05, 3.63) is 133 Å². The van der Waals surface area contributed by atoms with E-state index in [0.29, 0.717) is 0 Å². The van der Waals surface area contributed by atoms with Gasteiger partial charge in [-0.1, -0.05) is 67.6 Å². The summed E-state index contributed by atoms with van der Waals surface area (Å²) >= 11 is 0. The molecule has 0 atom stereocenters. The maximum absolute atomic E-state index is 5.03. The van der Waals surface area contributed by atoms with Crippen LogP contribution in [0.4, 0.5) is 0 Å². The van der Waals surface area contributed by atoms with E-state index >= 15 is 0 Å². The molecule has 0 aliphatic heterocycles. The van der Waals surface area contributed by atoms with Crippen LogP contribution in [0.3, 0.4) is 0 Å². The molecule has 0 unspecified atom stereocenters. The first-order valence-electron chi connectivity index (χ1n) is 26.9. The van der Waals surface area contributed by atoms with Gasteiger partial charge in [0.1, 0.15) is 0 Å². The first-order chi connectivity index (χ1) is 36.6. The zero-order chi connectivity index (χ0) is 46.7. The summed E-state index contributed by atoms with van der Waals surface area (Å²) in [5.41, 5.74) is 5.03. The summed E-state index contributed by atoms with van der Waals surface area (Å²) in [6.07, 6.45) is 1.10. The van der Waals surface area contributed by atoms with Crippen molar-refractivity contribution >= 4 is 259 Å². The summed E-state index contributed by atoms with van der Waals surface area (Å²) in [5.74, 6) is 0. The fourth-order valence-corrected chi connectivity index (χ4v) is 18.6. The Hall–Kier alpha value is -9.14. The second kappa shape index (κ2) is 10.00. The van der Waals surface area contributed by atoms with Gasteiger partial charge in [-0.3, -0.25) is 0 Å². The van der Waals surface area contributed by atoms with Gasteiger partial charge in [-0.15, -0.1) is 0 Å². The third-order valence-corrected chi connectivity index (χ3v) is 20.6. The molecule has 0 aromatic heterocycles. The van der Waals surface area contributed by atoms with E-state index in [0.717, 1.165) is 13.0 Å². The molecule has 1 heteroatoms. The molecule has 0 aliphatic carbocycles. The highest BCUT2D eigenvalue weighted by Gasteiger charge is 2.38. The van der Waals surface area contributed by atoms with Gasteiger partial charge < -0.3 is 5.73 Å². The first kappa shape index (κ1) is 34.3. The third kappa shape index (κ3) is 2.94. The summed E-state index contributed by atoms with van der Waals surface area (Å²) in [4.78, 5) is 0. The molecule has 0 fully saturated rings. The van der Waals surface area contributed by atoms with Gasteiger partial charge in [-0.25, -0.2) is 0 Å². The van der Waals surface area contributed by atoms with Gasteiger partial charge in [-0.2, -0.15) is 0 Å². The van der Waals surface area contributed by atoms with E-state index < -0.39 is 0 Å². The predicted octanol–water partition coefficient (Wildman–Crippen LogP) is 20.7. The molecule has 0 amide bonds. The molecule has 0 bridgehead atoms. The van der Waals surface area contributed by atoms with Crippen LogP contribution < -0.4 is 5.73 Å². The average molecular weight is 922 g/mol. The molecule has 0 saturated carbocycles. The van der Waals surface area contributed by atoms with Crippen LogP contribution in [-0.4, -0.2) is 6.54 Å². The highest BCUT2D eigenvalue weighted by molar-refractivity contribution is 6.70. The molecule has 74 heavy (non-hydrogen) atoms. The average Bonchev–Trinajstić information content (AvgIpc) is 3.62. The normalized spacial score (nSPS) is 14.5. The van der Waals surface area contributed by atoms with E-state index in [1.165, 1.54) is 259 Å². The van der Waals surface area contributed by atoms with Crippen LogP contribution in [0, 0.1) is 0 Å². The van der Waals surface area contributed by atoms with Crippen molar-refractivity contribution in [1.29, 1.82) is 0 Å². The summed E-state index contributed by atoms with van der Waals surface area (Å²) < 4.78 is 0. The lowest BCUT2D eigenvalue weighted by atomic mass is 9.68. The van der Waals surface area contributed by atoms with E-state index in [2.05, 4.69) is 140 Å². The second-order valence-corrected chi connectivity index (χ2v) is 23.5. The molecule has 0 spiro atoms. The largest absolute Gasteiger partial charge is 0.330 e. The highest BCUT2D eigenvalue weighted by atomic mass is 14.5. The fraction of sp³-hybridized carbons (Fsp3) is 0.0411. The zero-order valence-corrected chi connectivity index (χ0v) is 39.7. The van der Waals surface area contributed by atoms with Crippen LogP contribution >= 0.6 is 0 Å². The van der Waals surface area contributed by atoms with Crippen LogP contribution in [-0.2, 0) is 0 Å². The summed E-state index contributed by atoms with van der Waals surface area (Å²) in [7, 11) is 0. The molecular weight excluding hydrogens is 891 g/mol. The lowest BCUT2D eigenvalue weighted by Gasteiger charge is -2.34. The Morgan fingerprint density at radius 2 is 0.324 bits per heavy atom. The fourth-order valence-electron chi connectivity index (χ4n) is 18.6. The van der Waals surface area contributed by atoms with Crippen LogP contribution in [0.5, 0.6) is 0 Å². The minimum atomic E-state index is 0.819. The van der Waals surface area contributed by atoms with Crippen molar-refractivity contribution in [1.82, 2.24) is 0 Å². The van der Waals surface area contributed by atoms with Crippen LogP contribution in [0.25, 0.3) is 259 Å². The number of hydrogen-bond donors (Lipinski definition) is 1. The third-order valence-electron chi connectivity index (χ3n) is 20.6. The monoisotopic (exact) mass is 921 g/mol. The topological polar surface area (TPSA) is 26.0 Å². The van der Waals surface area contributed by atoms with Crippen molar-refractivity contribution in [2.45, 2.75) is 13.3 Å². The van der Waals surface area contributed by atoms with Crippen LogP contribution in [0.15, 0.2) is 133 Å². The molecule has 25 aromatic rings. The number of nitrogens with two attached hydrogens (primary N) is 1. The molecule has 2 N–H and O–H groups in total. The molecule has 0 heterocycles. The summed E-state index contributed by atoms with van der Waals surface area (Å²) in [6.45, 7) is 2.88. The van der Waals surface area contributed by atoms with E-state index in [-0.39, 0.29) is 0 Å². The number of benzene rings is 25. The Balaban J connectivity index is 0.000000913. The minimum Gasteiger partial charge on any atom is -0.330 e. The van der Waals surface area contributed by atoms with E-state index in [1.807, 2.05) is 0 Å². The lowest BCUT2D eigenvalue weighted by Crippen LogP contribution is -2.05. The van der Waals surface area contributed by atoms with Crippen molar-refractivity contribution < 1.29 is 0 Å². The Morgan fingerprint density at radius 3 is 0.514 bits per heavy atom. The predicted molar refractivity (Wildman–Crippen MR) is 325 cm³/mol. The van der Waals surface area contributed by atoms with Crippen molar-refractivity contribution in [2.75, 3.05) is 6.54 Å². The van der Waals surface area contributed by atoms with Gasteiger partial charge in [0.05, 0.1) is 0 Å². The first-order valence-corrected chi connectivity index (χ1v) is 26.9. The quantitative estimate of drug-likeness (QED) is 0.129. The second-order valence-electron chi connectivity index (χ2n) is 23.5. The lowest BCUT2D eigenvalue weighted by molar-refractivity contribution is 0.932. The molecule has 25 aromatic carbocycles. The Bertz CT molecular complexity index is 5960. The van der Waals surface area contributed by atoms with Gasteiger partial charge in [0.25, 0.3) is 0 Å². The van der Waals surface area contributed by atoms with Gasteiger partial charge in [-0.05, 0) is 344 Å². The van der Waals surface area contributed by atoms with Gasteiger partial charge in [0.15, 0.2) is 0 Å². The zero-order valence-electron chi connectivity index (χ0n) is 39.7. The maximum atomic E-state index is 5.03. The van der Waals surface area contributed by atoms with Gasteiger partial charge >= 0.3 is 0 Å². The Labute approximate surface area is 415 Å². The SMILES string of the molecule is CCCN.c1cc2cc3cc4cc5ccc6cc7cc8cc9cccc%10cc%11cc%12cc%13ccc%14cc%15cc%16cc(c1)c2c1c3c2c4c3c5c6c4c7c5c8c(c9%10)c%11c6c%12c7c%13c%14c8c%15c(c%161)c2c1c3c4c(c56)c7c81. The number of rotatable bonds is 1. The molecule has 0 aliphatic rings. The summed E-state index contributed by atoms with van der Waals surface area (Å²) in [6, 6.07) is 54.7. The maximum Gasteiger partial charge on any atom is -0.0000000465 e. The van der Waals surface area contributed by atoms with E-state index in [1.54, 1.807) is 0 Å². The van der Waals surface area contributed by atoms with Crippen molar-refractivity contribution in [2.24, 2.45) is 5.73 Å².